The van der Waals surface area contributed by atoms with Crippen LogP contribution in [0.1, 0.15) is 69.7 Å². The van der Waals surface area contributed by atoms with Gasteiger partial charge in [-0.3, -0.25) is 14.4 Å². The van der Waals surface area contributed by atoms with Crippen molar-refractivity contribution in [2.45, 2.75) is 65.3 Å². The van der Waals surface area contributed by atoms with Gasteiger partial charge in [0.1, 0.15) is 0 Å². The molecule has 1 rings (SSSR count). The zero-order chi connectivity index (χ0) is 19.4. The lowest BCUT2D eigenvalue weighted by molar-refractivity contribution is -0.136. The summed E-state index contributed by atoms with van der Waals surface area (Å²) in [5.41, 5.74) is 0.656. The maximum atomic E-state index is 12.2. The van der Waals surface area contributed by atoms with Crippen molar-refractivity contribution in [3.8, 4) is 0 Å². The minimum absolute atomic E-state index is 0.0214. The molecule has 6 nitrogen and oxygen atoms in total. The van der Waals surface area contributed by atoms with Gasteiger partial charge in [-0.25, -0.2) is 0 Å². The number of carbonyl (C=O) groups is 3. The Morgan fingerprint density at radius 2 is 1.58 bits per heavy atom. The SMILES string of the molecule is CCCCCCCCNC(=O)C(=O)Nc1ccccc1C(=O)NC(C)C. The van der Waals surface area contributed by atoms with Gasteiger partial charge < -0.3 is 16.0 Å². The van der Waals surface area contributed by atoms with Crippen LogP contribution >= 0.6 is 0 Å². The van der Waals surface area contributed by atoms with Gasteiger partial charge in [-0.1, -0.05) is 51.2 Å². The minimum atomic E-state index is -0.763. The van der Waals surface area contributed by atoms with Crippen LogP contribution in [-0.4, -0.2) is 30.3 Å². The average Bonchev–Trinajstić information content (AvgIpc) is 2.60. The molecular weight excluding hydrogens is 330 g/mol. The number of amides is 3. The van der Waals surface area contributed by atoms with Crippen LogP contribution in [0.2, 0.25) is 0 Å². The first-order chi connectivity index (χ1) is 12.5. The Balaban J connectivity index is 2.47. The normalized spacial score (nSPS) is 10.5. The third-order valence-electron chi connectivity index (χ3n) is 3.86. The van der Waals surface area contributed by atoms with Crippen LogP contribution in [-0.2, 0) is 9.59 Å². The summed E-state index contributed by atoms with van der Waals surface area (Å²) < 4.78 is 0. The lowest BCUT2D eigenvalue weighted by atomic mass is 10.1. The third-order valence-corrected chi connectivity index (χ3v) is 3.86. The first-order valence-electron chi connectivity index (χ1n) is 9.44. The molecule has 3 N–H and O–H groups in total. The van der Waals surface area contributed by atoms with Gasteiger partial charge in [-0.15, -0.1) is 0 Å². The zero-order valence-electron chi connectivity index (χ0n) is 16.1. The van der Waals surface area contributed by atoms with Crippen molar-refractivity contribution >= 4 is 23.4 Å². The molecule has 144 valence electrons. The molecule has 0 aliphatic heterocycles. The topological polar surface area (TPSA) is 87.3 Å². The highest BCUT2D eigenvalue weighted by molar-refractivity contribution is 6.40. The molecule has 0 heterocycles. The molecule has 0 spiro atoms. The van der Waals surface area contributed by atoms with E-state index in [0.717, 1.165) is 19.3 Å². The number of carbonyl (C=O) groups excluding carboxylic acids is 3. The van der Waals surface area contributed by atoms with E-state index in [1.807, 2.05) is 13.8 Å². The molecule has 3 amide bonds. The molecule has 0 bridgehead atoms. The Morgan fingerprint density at radius 1 is 0.923 bits per heavy atom. The van der Waals surface area contributed by atoms with Crippen molar-refractivity contribution in [3.05, 3.63) is 29.8 Å². The average molecular weight is 361 g/mol. The summed E-state index contributed by atoms with van der Waals surface area (Å²) in [5, 5.41) is 7.92. The molecule has 1 aromatic carbocycles. The van der Waals surface area contributed by atoms with Gasteiger partial charge in [0.15, 0.2) is 0 Å². The van der Waals surface area contributed by atoms with Gasteiger partial charge in [0.25, 0.3) is 5.91 Å². The quantitative estimate of drug-likeness (QED) is 0.442. The molecule has 0 radical (unpaired) electrons. The van der Waals surface area contributed by atoms with Crippen molar-refractivity contribution in [1.29, 1.82) is 0 Å². The van der Waals surface area contributed by atoms with Crippen molar-refractivity contribution in [3.63, 3.8) is 0 Å². The van der Waals surface area contributed by atoms with Gasteiger partial charge in [-0.05, 0) is 32.4 Å². The van der Waals surface area contributed by atoms with Gasteiger partial charge in [0, 0.05) is 12.6 Å². The van der Waals surface area contributed by atoms with E-state index in [0.29, 0.717) is 17.8 Å². The molecule has 0 aliphatic carbocycles. The first kappa shape index (κ1) is 21.7. The molecule has 0 aromatic heterocycles. The lowest BCUT2D eigenvalue weighted by Gasteiger charge is -2.13. The first-order valence-corrected chi connectivity index (χ1v) is 9.44. The third kappa shape index (κ3) is 8.14. The fourth-order valence-corrected chi connectivity index (χ4v) is 2.50. The number of benzene rings is 1. The maximum absolute atomic E-state index is 12.2. The molecule has 0 unspecified atom stereocenters. The van der Waals surface area contributed by atoms with Crippen LogP contribution in [0.4, 0.5) is 5.69 Å². The fourth-order valence-electron chi connectivity index (χ4n) is 2.50. The smallest absolute Gasteiger partial charge is 0.313 e. The molecular formula is C20H31N3O3. The molecule has 0 aliphatic rings. The molecule has 0 saturated carbocycles. The largest absolute Gasteiger partial charge is 0.350 e. The molecule has 0 saturated heterocycles. The number of unbranched alkanes of at least 4 members (excludes halogenated alkanes) is 5. The van der Waals surface area contributed by atoms with Crippen molar-refractivity contribution in [2.24, 2.45) is 0 Å². The second-order valence-corrected chi connectivity index (χ2v) is 6.65. The number of nitrogens with one attached hydrogen (secondary N) is 3. The van der Waals surface area contributed by atoms with Crippen LogP contribution in [0, 0.1) is 0 Å². The number of hydrogen-bond acceptors (Lipinski definition) is 3. The Bertz CT molecular complexity index is 600. The number of hydrogen-bond donors (Lipinski definition) is 3. The van der Waals surface area contributed by atoms with E-state index in [1.165, 1.54) is 19.3 Å². The standard InChI is InChI=1S/C20H31N3O3/c1-4-5-6-7-8-11-14-21-19(25)20(26)23-17-13-10-9-12-16(17)18(24)22-15(2)3/h9-10,12-13,15H,4-8,11,14H2,1-3H3,(H,21,25)(H,22,24)(H,23,26). The molecule has 0 atom stereocenters. The second-order valence-electron chi connectivity index (χ2n) is 6.65. The van der Waals surface area contributed by atoms with E-state index in [2.05, 4.69) is 22.9 Å². The summed E-state index contributed by atoms with van der Waals surface area (Å²) in [6.45, 7) is 6.36. The maximum Gasteiger partial charge on any atom is 0.313 e. The fraction of sp³-hybridized carbons (Fsp3) is 0.550. The Kier molecular flexibility index (Phi) is 10.1. The van der Waals surface area contributed by atoms with E-state index < -0.39 is 11.8 Å². The van der Waals surface area contributed by atoms with Crippen LogP contribution in [0.15, 0.2) is 24.3 Å². The zero-order valence-corrected chi connectivity index (χ0v) is 16.1. The Hall–Kier alpha value is -2.37. The summed E-state index contributed by atoms with van der Waals surface area (Å²) in [7, 11) is 0. The molecule has 6 heteroatoms. The monoisotopic (exact) mass is 361 g/mol. The van der Waals surface area contributed by atoms with E-state index in [1.54, 1.807) is 24.3 Å². The number of para-hydroxylation sites is 1. The van der Waals surface area contributed by atoms with Gasteiger partial charge in [0.05, 0.1) is 11.3 Å². The number of rotatable bonds is 10. The van der Waals surface area contributed by atoms with Crippen molar-refractivity contribution < 1.29 is 14.4 Å². The van der Waals surface area contributed by atoms with Crippen LogP contribution in [0.3, 0.4) is 0 Å². The van der Waals surface area contributed by atoms with Crippen molar-refractivity contribution in [1.82, 2.24) is 10.6 Å². The highest BCUT2D eigenvalue weighted by Crippen LogP contribution is 2.15. The van der Waals surface area contributed by atoms with E-state index >= 15 is 0 Å². The van der Waals surface area contributed by atoms with Gasteiger partial charge in [-0.2, -0.15) is 0 Å². The predicted octanol–water partition coefficient (Wildman–Crippen LogP) is 3.24. The van der Waals surface area contributed by atoms with E-state index in [9.17, 15) is 14.4 Å². The summed E-state index contributed by atoms with van der Waals surface area (Å²) in [4.78, 5) is 36.2. The summed E-state index contributed by atoms with van der Waals surface area (Å²) in [5.74, 6) is -1.73. The highest BCUT2D eigenvalue weighted by atomic mass is 16.2. The van der Waals surface area contributed by atoms with Crippen LogP contribution < -0.4 is 16.0 Å². The van der Waals surface area contributed by atoms with Crippen molar-refractivity contribution in [2.75, 3.05) is 11.9 Å². The minimum Gasteiger partial charge on any atom is -0.350 e. The van der Waals surface area contributed by atoms with Crippen LogP contribution in [0.5, 0.6) is 0 Å². The summed E-state index contributed by atoms with van der Waals surface area (Å²) in [6, 6.07) is 6.61. The highest BCUT2D eigenvalue weighted by Gasteiger charge is 2.17. The van der Waals surface area contributed by atoms with E-state index in [-0.39, 0.29) is 11.9 Å². The van der Waals surface area contributed by atoms with E-state index in [4.69, 9.17) is 0 Å². The lowest BCUT2D eigenvalue weighted by Crippen LogP contribution is -2.37. The molecule has 26 heavy (non-hydrogen) atoms. The Labute approximate surface area is 156 Å². The summed E-state index contributed by atoms with van der Waals surface area (Å²) in [6.07, 6.45) is 6.69. The van der Waals surface area contributed by atoms with Gasteiger partial charge in [0.2, 0.25) is 0 Å². The second kappa shape index (κ2) is 12.1. The summed E-state index contributed by atoms with van der Waals surface area (Å²) >= 11 is 0. The predicted molar refractivity (Wildman–Crippen MR) is 104 cm³/mol. The van der Waals surface area contributed by atoms with Gasteiger partial charge >= 0.3 is 11.8 Å². The van der Waals surface area contributed by atoms with Crippen LogP contribution in [0.25, 0.3) is 0 Å². The molecule has 0 fully saturated rings. The number of anilines is 1. The Morgan fingerprint density at radius 3 is 2.27 bits per heavy atom. The molecule has 1 aromatic rings.